The molecule has 0 amide bonds. The van der Waals surface area contributed by atoms with Crippen molar-refractivity contribution < 1.29 is 19.7 Å². The maximum Gasteiger partial charge on any atom is 0.176 e. The van der Waals surface area contributed by atoms with Gasteiger partial charge in [-0.1, -0.05) is 60.4 Å². The molecular formula is C26H22O4. The van der Waals surface area contributed by atoms with E-state index in [0.29, 0.717) is 33.8 Å². The molecule has 0 radical (unpaired) electrons. The van der Waals surface area contributed by atoms with Crippen LogP contribution >= 0.6 is 0 Å². The second kappa shape index (κ2) is 8.35. The lowest BCUT2D eigenvalue weighted by atomic mass is 9.83. The lowest BCUT2D eigenvalue weighted by Crippen LogP contribution is -2.27. The molecule has 4 nitrogen and oxygen atoms in total. The van der Waals surface area contributed by atoms with Crippen LogP contribution in [0.15, 0.2) is 72.8 Å². The topological polar surface area (TPSA) is 58.9 Å². The number of ether oxygens (including phenoxy) is 2. The van der Waals surface area contributed by atoms with Gasteiger partial charge in [-0.15, -0.1) is 12.8 Å². The van der Waals surface area contributed by atoms with E-state index in [1.807, 2.05) is 0 Å². The Bertz CT molecular complexity index is 996. The van der Waals surface area contributed by atoms with Crippen LogP contribution in [0.25, 0.3) is 0 Å². The average Bonchev–Trinajstić information content (AvgIpc) is 2.83. The van der Waals surface area contributed by atoms with E-state index in [1.54, 1.807) is 87.0 Å². The third-order valence-corrected chi connectivity index (χ3v) is 5.15. The zero-order chi connectivity index (χ0) is 21.8. The average molecular weight is 398 g/mol. The zero-order valence-electron chi connectivity index (χ0n) is 16.8. The predicted octanol–water partition coefficient (Wildman–Crippen LogP) is 3.44. The highest BCUT2D eigenvalue weighted by molar-refractivity contribution is 5.49. The van der Waals surface area contributed by atoms with E-state index in [2.05, 4.69) is 11.8 Å². The van der Waals surface area contributed by atoms with Gasteiger partial charge in [0.25, 0.3) is 0 Å². The number of terminal acetylenes is 2. The van der Waals surface area contributed by atoms with Crippen LogP contribution in [0.5, 0.6) is 11.5 Å². The molecule has 0 aliphatic rings. The van der Waals surface area contributed by atoms with Crippen molar-refractivity contribution in [1.82, 2.24) is 0 Å². The summed E-state index contributed by atoms with van der Waals surface area (Å²) in [6.07, 6.45) is 11.4. The molecule has 0 spiro atoms. The van der Waals surface area contributed by atoms with Gasteiger partial charge >= 0.3 is 0 Å². The first-order chi connectivity index (χ1) is 14.4. The van der Waals surface area contributed by atoms with Gasteiger partial charge in [0, 0.05) is 22.3 Å². The summed E-state index contributed by atoms with van der Waals surface area (Å²) in [7, 11) is 3.13. The van der Waals surface area contributed by atoms with Crippen LogP contribution in [-0.2, 0) is 11.2 Å². The maximum atomic E-state index is 11.2. The van der Waals surface area contributed by atoms with Crippen LogP contribution in [0.2, 0.25) is 0 Å². The van der Waals surface area contributed by atoms with Crippen molar-refractivity contribution in [3.05, 3.63) is 95.1 Å². The van der Waals surface area contributed by atoms with Crippen LogP contribution in [-0.4, -0.2) is 24.4 Å². The summed E-state index contributed by atoms with van der Waals surface area (Å²) >= 11 is 0. The van der Waals surface area contributed by atoms with Gasteiger partial charge < -0.3 is 19.7 Å². The van der Waals surface area contributed by atoms with E-state index >= 15 is 0 Å². The van der Waals surface area contributed by atoms with Crippen LogP contribution in [0.4, 0.5) is 0 Å². The van der Waals surface area contributed by atoms with Gasteiger partial charge in [-0.25, -0.2) is 0 Å². The SMILES string of the molecule is C#CC(O)(c1ccc(OC)cc1)c1ccc(C(O)(C#C)c2ccc(OC)cc2)cc1. The molecule has 3 aromatic rings. The molecule has 0 aliphatic heterocycles. The molecule has 3 rings (SSSR count). The minimum absolute atomic E-state index is 0.480. The Balaban J connectivity index is 1.98. The van der Waals surface area contributed by atoms with Crippen LogP contribution in [0.3, 0.4) is 0 Å². The Kier molecular flexibility index (Phi) is 5.85. The molecule has 0 saturated heterocycles. The van der Waals surface area contributed by atoms with Gasteiger partial charge in [0.1, 0.15) is 11.5 Å². The van der Waals surface area contributed by atoms with Crippen LogP contribution < -0.4 is 9.47 Å². The molecule has 2 atom stereocenters. The van der Waals surface area contributed by atoms with Crippen molar-refractivity contribution in [2.75, 3.05) is 14.2 Å². The minimum atomic E-state index is -1.64. The van der Waals surface area contributed by atoms with Crippen LogP contribution in [0.1, 0.15) is 22.3 Å². The lowest BCUT2D eigenvalue weighted by Gasteiger charge is -2.26. The van der Waals surface area contributed by atoms with Gasteiger partial charge in [-0.05, 0) is 24.3 Å². The Hall–Kier alpha value is -3.70. The van der Waals surface area contributed by atoms with Gasteiger partial charge in [0.15, 0.2) is 11.2 Å². The van der Waals surface area contributed by atoms with Gasteiger partial charge in [-0.3, -0.25) is 0 Å². The van der Waals surface area contributed by atoms with E-state index in [4.69, 9.17) is 22.3 Å². The zero-order valence-corrected chi connectivity index (χ0v) is 16.8. The highest BCUT2D eigenvalue weighted by Crippen LogP contribution is 2.34. The first-order valence-corrected chi connectivity index (χ1v) is 9.21. The van der Waals surface area contributed by atoms with E-state index < -0.39 is 11.2 Å². The fourth-order valence-electron chi connectivity index (χ4n) is 3.28. The summed E-state index contributed by atoms with van der Waals surface area (Å²) in [5, 5.41) is 22.3. The second-order valence-electron chi connectivity index (χ2n) is 6.74. The molecule has 0 fully saturated rings. The first kappa shape index (κ1) is 21.0. The summed E-state index contributed by atoms with van der Waals surface area (Å²) in [5.74, 6) is 6.24. The lowest BCUT2D eigenvalue weighted by molar-refractivity contribution is 0.141. The molecule has 2 N–H and O–H groups in total. The molecule has 3 aromatic carbocycles. The minimum Gasteiger partial charge on any atom is -0.497 e. The highest BCUT2D eigenvalue weighted by atomic mass is 16.5. The summed E-state index contributed by atoms with van der Waals surface area (Å²) in [5.41, 5.74) is -1.26. The Morgan fingerprint density at radius 1 is 0.567 bits per heavy atom. The van der Waals surface area contributed by atoms with E-state index in [0.717, 1.165) is 0 Å². The molecule has 0 heterocycles. The number of hydrogen-bond acceptors (Lipinski definition) is 4. The Morgan fingerprint density at radius 3 is 1.00 bits per heavy atom. The smallest absolute Gasteiger partial charge is 0.176 e. The summed E-state index contributed by atoms with van der Waals surface area (Å²) in [4.78, 5) is 0. The number of benzene rings is 3. The summed E-state index contributed by atoms with van der Waals surface area (Å²) in [6.45, 7) is 0. The summed E-state index contributed by atoms with van der Waals surface area (Å²) in [6, 6.07) is 20.4. The third kappa shape index (κ3) is 3.63. The largest absolute Gasteiger partial charge is 0.497 e. The third-order valence-electron chi connectivity index (χ3n) is 5.15. The summed E-state index contributed by atoms with van der Waals surface area (Å²) < 4.78 is 10.3. The van der Waals surface area contributed by atoms with E-state index in [-0.39, 0.29) is 0 Å². The van der Waals surface area contributed by atoms with E-state index in [1.165, 1.54) is 0 Å². The van der Waals surface area contributed by atoms with Crippen molar-refractivity contribution in [3.8, 4) is 36.2 Å². The van der Waals surface area contributed by atoms with Crippen molar-refractivity contribution in [2.45, 2.75) is 11.2 Å². The molecule has 0 saturated carbocycles. The fraction of sp³-hybridized carbons (Fsp3) is 0.154. The molecule has 150 valence electrons. The Labute approximate surface area is 176 Å². The molecule has 30 heavy (non-hydrogen) atoms. The van der Waals surface area contributed by atoms with Gasteiger partial charge in [-0.2, -0.15) is 0 Å². The van der Waals surface area contributed by atoms with E-state index in [9.17, 15) is 10.2 Å². The monoisotopic (exact) mass is 398 g/mol. The normalized spacial score (nSPS) is 14.5. The van der Waals surface area contributed by atoms with Crippen molar-refractivity contribution in [2.24, 2.45) is 0 Å². The quantitative estimate of drug-likeness (QED) is 0.625. The maximum absolute atomic E-state index is 11.2. The molecule has 2 unspecified atom stereocenters. The number of methoxy groups -OCH3 is 2. The molecule has 0 aromatic heterocycles. The molecule has 4 heteroatoms. The van der Waals surface area contributed by atoms with Gasteiger partial charge in [0.05, 0.1) is 14.2 Å². The molecule has 0 bridgehead atoms. The molecular weight excluding hydrogens is 376 g/mol. The number of aliphatic hydroxyl groups is 2. The van der Waals surface area contributed by atoms with Crippen LogP contribution in [0, 0.1) is 24.7 Å². The second-order valence-corrected chi connectivity index (χ2v) is 6.74. The van der Waals surface area contributed by atoms with Crippen molar-refractivity contribution >= 4 is 0 Å². The van der Waals surface area contributed by atoms with Crippen molar-refractivity contribution in [1.29, 1.82) is 0 Å². The number of rotatable bonds is 6. The standard InChI is InChI=1S/C26H22O4/c1-5-25(27,21-11-15-23(29-3)16-12-21)19-7-9-20(10-8-19)26(28,6-2)22-13-17-24(30-4)18-14-22/h1-2,7-18,27-28H,3-4H3. The van der Waals surface area contributed by atoms with Gasteiger partial charge in [0.2, 0.25) is 0 Å². The fourth-order valence-corrected chi connectivity index (χ4v) is 3.28. The first-order valence-electron chi connectivity index (χ1n) is 9.21. The Morgan fingerprint density at radius 2 is 0.800 bits per heavy atom. The number of hydrogen-bond donors (Lipinski definition) is 2. The predicted molar refractivity (Wildman–Crippen MR) is 116 cm³/mol. The highest BCUT2D eigenvalue weighted by Gasteiger charge is 2.32. The van der Waals surface area contributed by atoms with Crippen molar-refractivity contribution in [3.63, 3.8) is 0 Å². The molecule has 0 aliphatic carbocycles.